The van der Waals surface area contributed by atoms with Gasteiger partial charge in [0.25, 0.3) is 0 Å². The van der Waals surface area contributed by atoms with Crippen LogP contribution in [0, 0.1) is 0 Å². The lowest BCUT2D eigenvalue weighted by Gasteiger charge is -2.20. The van der Waals surface area contributed by atoms with Crippen molar-refractivity contribution in [2.75, 3.05) is 0 Å². The van der Waals surface area contributed by atoms with Gasteiger partial charge in [0, 0.05) is 67.2 Å². The van der Waals surface area contributed by atoms with E-state index in [1.807, 2.05) is 6.07 Å². The molecule has 0 fully saturated rings. The van der Waals surface area contributed by atoms with Crippen molar-refractivity contribution >= 4 is 29.1 Å². The standard InChI is InChI=1S/C46H36N4/c1-3-15-31(16-4-1)40-30-41(48-46(47-40)32-17-5-2-6-18-32)33-27-34(49-42-23-11-7-19-36(42)37-20-8-12-24-43(37)49)29-35(28-33)50-44-25-13-9-21-38(44)39-22-10-14-26-45(39)50/h1-11,15-23,27-30H,12-14,24-26H2. The predicted octanol–water partition coefficient (Wildman–Crippen LogP) is 11.1. The van der Waals surface area contributed by atoms with E-state index in [9.17, 15) is 0 Å². The van der Waals surface area contributed by atoms with Gasteiger partial charge in [-0.25, -0.2) is 9.97 Å². The first kappa shape index (κ1) is 29.0. The third-order valence-corrected chi connectivity index (χ3v) is 10.5. The van der Waals surface area contributed by atoms with Crippen molar-refractivity contribution in [3.05, 3.63) is 161 Å². The monoisotopic (exact) mass is 644 g/mol. The molecule has 4 aromatic carbocycles. The molecule has 0 bridgehead atoms. The van der Waals surface area contributed by atoms with Gasteiger partial charge in [0.2, 0.25) is 0 Å². The van der Waals surface area contributed by atoms with Crippen molar-refractivity contribution in [1.29, 1.82) is 0 Å². The number of benzene rings is 4. The fraction of sp³-hybridized carbons (Fsp3) is 0.130. The molecule has 7 aromatic rings. The smallest absolute Gasteiger partial charge is 0.160 e. The molecule has 0 radical (unpaired) electrons. The normalized spacial score (nSPS) is 14.5. The summed E-state index contributed by atoms with van der Waals surface area (Å²) in [5.74, 6) is 0.730. The summed E-state index contributed by atoms with van der Waals surface area (Å²) in [6.45, 7) is 0. The van der Waals surface area contributed by atoms with Gasteiger partial charge < -0.3 is 9.13 Å². The van der Waals surface area contributed by atoms with E-state index in [1.165, 1.54) is 56.0 Å². The number of fused-ring (bicyclic) bond motifs is 6. The van der Waals surface area contributed by atoms with Crippen molar-refractivity contribution in [2.45, 2.75) is 38.5 Å². The van der Waals surface area contributed by atoms with Crippen LogP contribution in [0.15, 0.2) is 127 Å². The molecule has 3 aliphatic rings. The minimum absolute atomic E-state index is 0.730. The predicted molar refractivity (Wildman–Crippen MR) is 207 cm³/mol. The second-order valence-corrected chi connectivity index (χ2v) is 13.5. The molecular weight excluding hydrogens is 609 g/mol. The quantitative estimate of drug-likeness (QED) is 0.187. The van der Waals surface area contributed by atoms with E-state index in [0.29, 0.717) is 0 Å². The van der Waals surface area contributed by atoms with Gasteiger partial charge in [-0.3, -0.25) is 0 Å². The highest BCUT2D eigenvalue weighted by Crippen LogP contribution is 2.40. The molecule has 0 unspecified atom stereocenters. The molecule has 10 rings (SSSR count). The van der Waals surface area contributed by atoms with E-state index in [1.54, 1.807) is 0 Å². The molecular formula is C46H36N4. The van der Waals surface area contributed by atoms with Crippen molar-refractivity contribution in [1.82, 2.24) is 19.1 Å². The van der Waals surface area contributed by atoms with E-state index in [-0.39, 0.29) is 0 Å². The summed E-state index contributed by atoms with van der Waals surface area (Å²) in [6, 6.07) is 39.0. The number of rotatable bonds is 5. The fourth-order valence-corrected chi connectivity index (χ4v) is 8.27. The molecule has 3 heterocycles. The SMILES string of the molecule is C1=Cc2c3c(n(-c4cc(-c5cc(-c6ccccc6)nc(-c6ccccc6)n5)cc(-n5c6c(c7ccccc75)C=CCC6)c4)c2CC1)CCC=C3. The average Bonchev–Trinajstić information content (AvgIpc) is 3.71. The van der Waals surface area contributed by atoms with Crippen molar-refractivity contribution < 1.29 is 0 Å². The highest BCUT2D eigenvalue weighted by Gasteiger charge is 2.25. The van der Waals surface area contributed by atoms with E-state index in [2.05, 4.69) is 149 Å². The van der Waals surface area contributed by atoms with Crippen molar-refractivity contribution in [2.24, 2.45) is 0 Å². The summed E-state index contributed by atoms with van der Waals surface area (Å²) in [5, 5.41) is 1.30. The number of aromatic nitrogens is 4. The van der Waals surface area contributed by atoms with Gasteiger partial charge in [-0.2, -0.15) is 0 Å². The number of allylic oxidation sites excluding steroid dienone is 3. The zero-order chi connectivity index (χ0) is 33.0. The molecule has 240 valence electrons. The topological polar surface area (TPSA) is 35.6 Å². The van der Waals surface area contributed by atoms with E-state index < -0.39 is 0 Å². The van der Waals surface area contributed by atoms with Gasteiger partial charge in [-0.15, -0.1) is 0 Å². The highest BCUT2D eigenvalue weighted by molar-refractivity contribution is 5.93. The second-order valence-electron chi connectivity index (χ2n) is 13.5. The highest BCUT2D eigenvalue weighted by atomic mass is 15.0. The molecule has 0 saturated heterocycles. The van der Waals surface area contributed by atoms with Crippen LogP contribution in [0.2, 0.25) is 0 Å². The molecule has 0 amide bonds. The lowest BCUT2D eigenvalue weighted by atomic mass is 9.97. The maximum Gasteiger partial charge on any atom is 0.160 e. The Morgan fingerprint density at radius 1 is 0.440 bits per heavy atom. The van der Waals surface area contributed by atoms with Gasteiger partial charge in [0.15, 0.2) is 5.82 Å². The Bertz CT molecular complexity index is 2430. The summed E-state index contributed by atoms with van der Waals surface area (Å²) in [5.41, 5.74) is 16.9. The molecule has 0 atom stereocenters. The minimum atomic E-state index is 0.730. The number of hydrogen-bond donors (Lipinski definition) is 0. The molecule has 0 aliphatic heterocycles. The van der Waals surface area contributed by atoms with E-state index >= 15 is 0 Å². The number of para-hydroxylation sites is 1. The Morgan fingerprint density at radius 2 is 0.960 bits per heavy atom. The van der Waals surface area contributed by atoms with Crippen molar-refractivity contribution in [3.63, 3.8) is 0 Å². The van der Waals surface area contributed by atoms with Gasteiger partial charge in [0.1, 0.15) is 0 Å². The Balaban J connectivity index is 1.27. The Kier molecular flexibility index (Phi) is 6.87. The second kappa shape index (κ2) is 11.9. The van der Waals surface area contributed by atoms with Crippen LogP contribution in [0.1, 0.15) is 53.0 Å². The fourth-order valence-electron chi connectivity index (χ4n) is 8.27. The molecule has 0 spiro atoms. The third kappa shape index (κ3) is 4.74. The average molecular weight is 645 g/mol. The molecule has 3 aromatic heterocycles. The molecule has 50 heavy (non-hydrogen) atoms. The molecule has 4 nitrogen and oxygen atoms in total. The Labute approximate surface area is 292 Å². The van der Waals surface area contributed by atoms with Gasteiger partial charge in [-0.05, 0) is 68.9 Å². The molecule has 0 saturated carbocycles. The summed E-state index contributed by atoms with van der Waals surface area (Å²) < 4.78 is 5.10. The minimum Gasteiger partial charge on any atom is -0.317 e. The van der Waals surface area contributed by atoms with Crippen LogP contribution in [-0.2, 0) is 19.3 Å². The van der Waals surface area contributed by atoms with Gasteiger partial charge in [-0.1, -0.05) is 115 Å². The van der Waals surface area contributed by atoms with Crippen LogP contribution >= 0.6 is 0 Å². The zero-order valence-corrected chi connectivity index (χ0v) is 27.9. The van der Waals surface area contributed by atoms with E-state index in [4.69, 9.17) is 9.97 Å². The first-order valence-electron chi connectivity index (χ1n) is 17.8. The summed E-state index contributed by atoms with van der Waals surface area (Å²) in [7, 11) is 0. The third-order valence-electron chi connectivity index (χ3n) is 10.5. The van der Waals surface area contributed by atoms with Crippen LogP contribution in [0.4, 0.5) is 0 Å². The van der Waals surface area contributed by atoms with Crippen LogP contribution in [0.5, 0.6) is 0 Å². The zero-order valence-electron chi connectivity index (χ0n) is 27.9. The van der Waals surface area contributed by atoms with Gasteiger partial charge >= 0.3 is 0 Å². The maximum absolute atomic E-state index is 5.31. The van der Waals surface area contributed by atoms with Crippen LogP contribution in [0.25, 0.3) is 74.4 Å². The first-order valence-corrected chi connectivity index (χ1v) is 17.8. The van der Waals surface area contributed by atoms with Crippen LogP contribution in [-0.4, -0.2) is 19.1 Å². The summed E-state index contributed by atoms with van der Waals surface area (Å²) >= 11 is 0. The lowest BCUT2D eigenvalue weighted by Crippen LogP contribution is -2.09. The molecule has 4 heteroatoms. The maximum atomic E-state index is 5.31. The number of hydrogen-bond acceptors (Lipinski definition) is 2. The molecule has 3 aliphatic carbocycles. The van der Waals surface area contributed by atoms with Crippen LogP contribution in [0.3, 0.4) is 0 Å². The largest absolute Gasteiger partial charge is 0.317 e. The molecule has 0 N–H and O–H groups in total. The van der Waals surface area contributed by atoms with Crippen LogP contribution < -0.4 is 0 Å². The Morgan fingerprint density at radius 3 is 1.62 bits per heavy atom. The van der Waals surface area contributed by atoms with Crippen molar-refractivity contribution in [3.8, 4) is 45.3 Å². The Hall–Kier alpha value is -6.00. The number of nitrogens with zero attached hydrogens (tertiary/aromatic N) is 4. The summed E-state index contributed by atoms with van der Waals surface area (Å²) in [4.78, 5) is 10.4. The summed E-state index contributed by atoms with van der Waals surface area (Å²) in [6.07, 6.45) is 20.2. The van der Waals surface area contributed by atoms with Gasteiger partial charge in [0.05, 0.1) is 16.9 Å². The lowest BCUT2D eigenvalue weighted by molar-refractivity contribution is 0.812. The first-order chi connectivity index (χ1) is 24.8. The van der Waals surface area contributed by atoms with E-state index in [0.717, 1.165) is 72.4 Å².